The number of nitrogens with one attached hydrogen (secondary N) is 2. The Morgan fingerprint density at radius 3 is 2.86 bits per heavy atom. The molecule has 1 aromatic carbocycles. The Morgan fingerprint density at radius 2 is 2.09 bits per heavy atom. The van der Waals surface area contributed by atoms with Gasteiger partial charge in [0.1, 0.15) is 0 Å². The van der Waals surface area contributed by atoms with Crippen LogP contribution in [0.5, 0.6) is 0 Å². The molecule has 0 radical (unpaired) electrons. The van der Waals surface area contributed by atoms with Crippen molar-refractivity contribution in [3.8, 4) is 0 Å². The van der Waals surface area contributed by atoms with Crippen LogP contribution >= 0.6 is 0 Å². The quantitative estimate of drug-likeness (QED) is 0.888. The van der Waals surface area contributed by atoms with E-state index >= 15 is 0 Å². The summed E-state index contributed by atoms with van der Waals surface area (Å²) in [4.78, 5) is 26.5. The predicted molar refractivity (Wildman–Crippen MR) is 84.5 cm³/mol. The molecule has 0 spiro atoms. The molecule has 1 aromatic rings. The molecule has 5 nitrogen and oxygen atoms in total. The third-order valence-corrected chi connectivity index (χ3v) is 4.57. The summed E-state index contributed by atoms with van der Waals surface area (Å²) in [5.74, 6) is 0.0438. The number of hydrogen-bond acceptors (Lipinski definition) is 3. The lowest BCUT2D eigenvalue weighted by molar-refractivity contribution is -0.133. The Labute approximate surface area is 131 Å². The molecule has 0 bridgehead atoms. The number of carbonyl (C=O) groups excluding carboxylic acids is 2. The SMILES string of the molecule is CC[C@@H]1CN(C(=O)CC2NC(=O)c3ccccc32)C[C@H](C)N1. The van der Waals surface area contributed by atoms with Gasteiger partial charge in [0.2, 0.25) is 5.91 Å². The van der Waals surface area contributed by atoms with Crippen molar-refractivity contribution in [1.82, 2.24) is 15.5 Å². The molecule has 5 heteroatoms. The third-order valence-electron chi connectivity index (χ3n) is 4.57. The summed E-state index contributed by atoms with van der Waals surface area (Å²) in [6.45, 7) is 5.72. The van der Waals surface area contributed by atoms with Crippen LogP contribution in [0.1, 0.15) is 48.7 Å². The highest BCUT2D eigenvalue weighted by Crippen LogP contribution is 2.28. The van der Waals surface area contributed by atoms with Gasteiger partial charge in [0.05, 0.1) is 12.5 Å². The minimum Gasteiger partial charge on any atom is -0.345 e. The van der Waals surface area contributed by atoms with E-state index in [1.165, 1.54) is 0 Å². The van der Waals surface area contributed by atoms with Gasteiger partial charge in [-0.05, 0) is 25.0 Å². The fourth-order valence-electron chi connectivity index (χ4n) is 3.42. The average Bonchev–Trinajstić information content (AvgIpc) is 2.83. The highest BCUT2D eigenvalue weighted by atomic mass is 16.2. The van der Waals surface area contributed by atoms with Gasteiger partial charge in [-0.2, -0.15) is 0 Å². The number of piperazine rings is 1. The summed E-state index contributed by atoms with van der Waals surface area (Å²) in [6, 6.07) is 7.99. The first kappa shape index (κ1) is 15.0. The predicted octanol–water partition coefficient (Wildman–Crippen LogP) is 1.46. The van der Waals surface area contributed by atoms with Crippen LogP contribution in [0.3, 0.4) is 0 Å². The largest absolute Gasteiger partial charge is 0.345 e. The van der Waals surface area contributed by atoms with Crippen LogP contribution in [0.15, 0.2) is 24.3 Å². The van der Waals surface area contributed by atoms with Crippen molar-refractivity contribution in [2.24, 2.45) is 0 Å². The van der Waals surface area contributed by atoms with Crippen LogP contribution in [-0.2, 0) is 4.79 Å². The molecule has 3 atom stereocenters. The summed E-state index contributed by atoms with van der Waals surface area (Å²) in [5.41, 5.74) is 1.64. The first-order chi connectivity index (χ1) is 10.6. The molecule has 1 unspecified atom stereocenters. The Morgan fingerprint density at radius 1 is 1.32 bits per heavy atom. The molecular weight excluding hydrogens is 278 g/mol. The average molecular weight is 301 g/mol. The summed E-state index contributed by atoms with van der Waals surface area (Å²) in [6.07, 6.45) is 1.35. The van der Waals surface area contributed by atoms with E-state index in [2.05, 4.69) is 24.5 Å². The molecule has 2 heterocycles. The molecule has 0 aromatic heterocycles. The molecule has 2 aliphatic heterocycles. The van der Waals surface area contributed by atoms with Gasteiger partial charge < -0.3 is 15.5 Å². The molecule has 2 N–H and O–H groups in total. The van der Waals surface area contributed by atoms with E-state index in [1.54, 1.807) is 0 Å². The van der Waals surface area contributed by atoms with Crippen molar-refractivity contribution in [2.45, 2.75) is 44.8 Å². The normalized spacial score (nSPS) is 27.5. The topological polar surface area (TPSA) is 61.4 Å². The van der Waals surface area contributed by atoms with Crippen LogP contribution < -0.4 is 10.6 Å². The van der Waals surface area contributed by atoms with Crippen LogP contribution in [0, 0.1) is 0 Å². The molecule has 118 valence electrons. The second kappa shape index (κ2) is 6.08. The molecule has 1 fully saturated rings. The van der Waals surface area contributed by atoms with Crippen molar-refractivity contribution in [3.63, 3.8) is 0 Å². The standard InChI is InChI=1S/C17H23N3O2/c1-3-12-10-20(9-11(2)18-12)16(21)8-15-13-6-4-5-7-14(13)17(22)19-15/h4-7,11-12,15,18H,3,8-10H2,1-2H3,(H,19,22)/t11-,12+,15?/m0/s1. The highest BCUT2D eigenvalue weighted by molar-refractivity contribution is 5.99. The zero-order chi connectivity index (χ0) is 15.7. The maximum atomic E-state index is 12.6. The minimum atomic E-state index is -0.193. The van der Waals surface area contributed by atoms with Gasteiger partial charge in [-0.25, -0.2) is 0 Å². The summed E-state index contributed by atoms with van der Waals surface area (Å²) in [7, 11) is 0. The second-order valence-electron chi connectivity index (χ2n) is 6.29. The van der Waals surface area contributed by atoms with E-state index in [9.17, 15) is 9.59 Å². The number of carbonyl (C=O) groups is 2. The van der Waals surface area contributed by atoms with Crippen LogP contribution in [0.25, 0.3) is 0 Å². The van der Waals surface area contributed by atoms with Crippen LogP contribution in [0.2, 0.25) is 0 Å². The van der Waals surface area contributed by atoms with Gasteiger partial charge in [0.15, 0.2) is 0 Å². The Hall–Kier alpha value is -1.88. The van der Waals surface area contributed by atoms with Crippen molar-refractivity contribution >= 4 is 11.8 Å². The maximum Gasteiger partial charge on any atom is 0.252 e. The van der Waals surface area contributed by atoms with Gasteiger partial charge in [-0.1, -0.05) is 25.1 Å². The maximum absolute atomic E-state index is 12.6. The number of amides is 2. The van der Waals surface area contributed by atoms with E-state index in [0.717, 1.165) is 25.1 Å². The fourth-order valence-corrected chi connectivity index (χ4v) is 3.42. The number of benzene rings is 1. The van der Waals surface area contributed by atoms with Crippen molar-refractivity contribution in [2.75, 3.05) is 13.1 Å². The number of nitrogens with zero attached hydrogens (tertiary/aromatic N) is 1. The second-order valence-corrected chi connectivity index (χ2v) is 6.29. The zero-order valence-electron chi connectivity index (χ0n) is 13.1. The van der Waals surface area contributed by atoms with E-state index in [0.29, 0.717) is 24.1 Å². The minimum absolute atomic E-state index is 0.0755. The Balaban J connectivity index is 1.69. The molecule has 22 heavy (non-hydrogen) atoms. The lowest BCUT2D eigenvalue weighted by Crippen LogP contribution is -2.56. The smallest absolute Gasteiger partial charge is 0.252 e. The fraction of sp³-hybridized carbons (Fsp3) is 0.529. The summed E-state index contributed by atoms with van der Waals surface area (Å²) < 4.78 is 0. The van der Waals surface area contributed by atoms with Gasteiger partial charge in [0.25, 0.3) is 5.91 Å². The van der Waals surface area contributed by atoms with Gasteiger partial charge in [-0.3, -0.25) is 9.59 Å². The van der Waals surface area contributed by atoms with Crippen LogP contribution in [-0.4, -0.2) is 41.9 Å². The molecule has 3 rings (SSSR count). The summed E-state index contributed by atoms with van der Waals surface area (Å²) in [5, 5.41) is 6.43. The van der Waals surface area contributed by atoms with E-state index < -0.39 is 0 Å². The molecule has 0 saturated carbocycles. The van der Waals surface area contributed by atoms with Crippen molar-refractivity contribution < 1.29 is 9.59 Å². The monoisotopic (exact) mass is 301 g/mol. The molecule has 2 amide bonds. The third kappa shape index (κ3) is 2.86. The zero-order valence-corrected chi connectivity index (χ0v) is 13.1. The first-order valence-electron chi connectivity index (χ1n) is 8.02. The lowest BCUT2D eigenvalue weighted by atomic mass is 10.0. The molecule has 1 saturated heterocycles. The Bertz CT molecular complexity index is 587. The van der Waals surface area contributed by atoms with E-state index in [4.69, 9.17) is 0 Å². The van der Waals surface area contributed by atoms with Crippen molar-refractivity contribution in [3.05, 3.63) is 35.4 Å². The number of rotatable bonds is 3. The lowest BCUT2D eigenvalue weighted by Gasteiger charge is -2.37. The highest BCUT2D eigenvalue weighted by Gasteiger charge is 2.32. The Kier molecular flexibility index (Phi) is 4.16. The molecule has 0 aliphatic carbocycles. The van der Waals surface area contributed by atoms with Gasteiger partial charge >= 0.3 is 0 Å². The summed E-state index contributed by atoms with van der Waals surface area (Å²) >= 11 is 0. The number of hydrogen-bond donors (Lipinski definition) is 2. The molecule has 2 aliphatic rings. The molecular formula is C17H23N3O2. The first-order valence-corrected chi connectivity index (χ1v) is 8.02. The van der Waals surface area contributed by atoms with Crippen LogP contribution in [0.4, 0.5) is 0 Å². The van der Waals surface area contributed by atoms with Gasteiger partial charge in [-0.15, -0.1) is 0 Å². The van der Waals surface area contributed by atoms with Crippen molar-refractivity contribution in [1.29, 1.82) is 0 Å². The van der Waals surface area contributed by atoms with E-state index in [-0.39, 0.29) is 17.9 Å². The van der Waals surface area contributed by atoms with Gasteiger partial charge in [0, 0.05) is 30.7 Å². The number of fused-ring (bicyclic) bond motifs is 1. The van der Waals surface area contributed by atoms with E-state index in [1.807, 2.05) is 29.2 Å².